The maximum atomic E-state index is 9.44. The highest BCUT2D eigenvalue weighted by Gasteiger charge is 2.15. The summed E-state index contributed by atoms with van der Waals surface area (Å²) in [4.78, 5) is 14.7. The van der Waals surface area contributed by atoms with E-state index in [1.807, 2.05) is 48.5 Å². The van der Waals surface area contributed by atoms with Gasteiger partial charge in [-0.25, -0.2) is 15.0 Å². The molecule has 0 saturated heterocycles. The lowest BCUT2D eigenvalue weighted by Gasteiger charge is -2.12. The summed E-state index contributed by atoms with van der Waals surface area (Å²) in [6, 6.07) is 43.0. The van der Waals surface area contributed by atoms with Gasteiger partial charge in [0.2, 0.25) is 0 Å². The number of fused-ring (bicyclic) bond motifs is 5. The van der Waals surface area contributed by atoms with Crippen molar-refractivity contribution in [3.05, 3.63) is 127 Å². The second kappa shape index (κ2) is 8.92. The van der Waals surface area contributed by atoms with Gasteiger partial charge in [-0.15, -0.1) is 0 Å². The highest BCUT2D eigenvalue weighted by atomic mass is 15.0. The standard InChI is InChI=1S/C34H20N4/c35-21-22-8-6-12-25(20-22)33-36-32(24-10-2-1-3-11-24)37-34(38-33)31-15-7-14-27-29-17-16-23-9-4-5-13-26(23)28(29)18-19-30(27)31/h1-20H. The molecule has 1 aromatic heterocycles. The van der Waals surface area contributed by atoms with Crippen LogP contribution in [0.5, 0.6) is 0 Å². The first-order chi connectivity index (χ1) is 18.8. The van der Waals surface area contributed by atoms with Gasteiger partial charge < -0.3 is 0 Å². The van der Waals surface area contributed by atoms with E-state index >= 15 is 0 Å². The maximum absolute atomic E-state index is 9.44. The Balaban J connectivity index is 1.49. The smallest absolute Gasteiger partial charge is 0.164 e. The molecular weight excluding hydrogens is 464 g/mol. The van der Waals surface area contributed by atoms with Gasteiger partial charge in [-0.3, -0.25) is 0 Å². The maximum Gasteiger partial charge on any atom is 0.164 e. The Morgan fingerprint density at radius 2 is 1.05 bits per heavy atom. The van der Waals surface area contributed by atoms with Crippen LogP contribution in [0.1, 0.15) is 5.56 Å². The van der Waals surface area contributed by atoms with E-state index < -0.39 is 0 Å². The molecule has 1 heterocycles. The molecule has 0 unspecified atom stereocenters. The highest BCUT2D eigenvalue weighted by molar-refractivity contribution is 6.19. The summed E-state index contributed by atoms with van der Waals surface area (Å²) in [6.45, 7) is 0. The van der Waals surface area contributed by atoms with E-state index in [1.165, 1.54) is 21.5 Å². The first kappa shape index (κ1) is 21.8. The molecule has 0 atom stereocenters. The third kappa shape index (κ3) is 3.66. The van der Waals surface area contributed by atoms with Gasteiger partial charge in [0.1, 0.15) is 0 Å². The van der Waals surface area contributed by atoms with Crippen molar-refractivity contribution < 1.29 is 0 Å². The second-order valence-corrected chi connectivity index (χ2v) is 9.21. The van der Waals surface area contributed by atoms with E-state index in [0.717, 1.165) is 27.5 Å². The average molecular weight is 485 g/mol. The Bertz CT molecular complexity index is 2040. The summed E-state index contributed by atoms with van der Waals surface area (Å²) in [6.07, 6.45) is 0. The van der Waals surface area contributed by atoms with Crippen LogP contribution in [0.15, 0.2) is 121 Å². The minimum atomic E-state index is 0.537. The van der Waals surface area contributed by atoms with Crippen LogP contribution in [0.3, 0.4) is 0 Å². The monoisotopic (exact) mass is 484 g/mol. The quantitative estimate of drug-likeness (QED) is 0.237. The van der Waals surface area contributed by atoms with Crippen LogP contribution < -0.4 is 0 Å². The molecule has 0 N–H and O–H groups in total. The van der Waals surface area contributed by atoms with E-state index in [-0.39, 0.29) is 0 Å². The van der Waals surface area contributed by atoms with Crippen molar-refractivity contribution in [3.8, 4) is 40.2 Å². The SMILES string of the molecule is N#Cc1cccc(-c2nc(-c3ccccc3)nc(-c3cccc4c3ccc3c5ccccc5ccc43)n2)c1. The summed E-state index contributed by atoms with van der Waals surface area (Å²) in [5, 5.41) is 16.6. The Labute approximate surface area is 219 Å². The summed E-state index contributed by atoms with van der Waals surface area (Å²) in [7, 11) is 0. The van der Waals surface area contributed by atoms with Crippen LogP contribution in [0.4, 0.5) is 0 Å². The summed E-state index contributed by atoms with van der Waals surface area (Å²) in [5.41, 5.74) is 3.19. The number of hydrogen-bond donors (Lipinski definition) is 0. The minimum Gasteiger partial charge on any atom is -0.208 e. The minimum absolute atomic E-state index is 0.537. The van der Waals surface area contributed by atoms with E-state index in [0.29, 0.717) is 23.0 Å². The van der Waals surface area contributed by atoms with Gasteiger partial charge in [-0.1, -0.05) is 109 Å². The number of hydrogen-bond acceptors (Lipinski definition) is 4. The van der Waals surface area contributed by atoms with Gasteiger partial charge in [-0.05, 0) is 44.5 Å². The molecule has 6 aromatic carbocycles. The number of nitrogens with zero attached hydrogens (tertiary/aromatic N) is 4. The van der Waals surface area contributed by atoms with Crippen LogP contribution in [-0.4, -0.2) is 15.0 Å². The molecule has 0 fully saturated rings. The fourth-order valence-electron chi connectivity index (χ4n) is 5.12. The fraction of sp³-hybridized carbons (Fsp3) is 0. The molecule has 4 heteroatoms. The Hall–Kier alpha value is -5.40. The molecule has 7 aromatic rings. The zero-order valence-corrected chi connectivity index (χ0v) is 20.3. The van der Waals surface area contributed by atoms with E-state index in [1.54, 1.807) is 6.07 Å². The van der Waals surface area contributed by atoms with Crippen molar-refractivity contribution in [1.29, 1.82) is 5.26 Å². The van der Waals surface area contributed by atoms with Gasteiger partial charge in [0.15, 0.2) is 17.5 Å². The van der Waals surface area contributed by atoms with Crippen LogP contribution in [0, 0.1) is 11.3 Å². The molecule has 7 rings (SSSR count). The van der Waals surface area contributed by atoms with Crippen LogP contribution in [-0.2, 0) is 0 Å². The molecular formula is C34H20N4. The summed E-state index contributed by atoms with van der Waals surface area (Å²) in [5.74, 6) is 1.73. The van der Waals surface area contributed by atoms with Crippen molar-refractivity contribution in [2.45, 2.75) is 0 Å². The molecule has 38 heavy (non-hydrogen) atoms. The first-order valence-electron chi connectivity index (χ1n) is 12.4. The van der Waals surface area contributed by atoms with E-state index in [4.69, 9.17) is 15.0 Å². The lowest BCUT2D eigenvalue weighted by atomic mass is 9.95. The molecule has 176 valence electrons. The van der Waals surface area contributed by atoms with Crippen molar-refractivity contribution >= 4 is 32.3 Å². The lowest BCUT2D eigenvalue weighted by molar-refractivity contribution is 1.08. The number of rotatable bonds is 3. The van der Waals surface area contributed by atoms with Gasteiger partial charge in [0, 0.05) is 16.7 Å². The van der Waals surface area contributed by atoms with Gasteiger partial charge in [0.25, 0.3) is 0 Å². The first-order valence-corrected chi connectivity index (χ1v) is 12.4. The zero-order chi connectivity index (χ0) is 25.5. The normalized spacial score (nSPS) is 11.1. The van der Waals surface area contributed by atoms with Crippen molar-refractivity contribution in [2.75, 3.05) is 0 Å². The number of benzene rings is 6. The fourth-order valence-corrected chi connectivity index (χ4v) is 5.12. The van der Waals surface area contributed by atoms with Crippen molar-refractivity contribution in [2.24, 2.45) is 0 Å². The van der Waals surface area contributed by atoms with Crippen LogP contribution in [0.2, 0.25) is 0 Å². The molecule has 0 aliphatic carbocycles. The zero-order valence-electron chi connectivity index (χ0n) is 20.3. The van der Waals surface area contributed by atoms with Gasteiger partial charge >= 0.3 is 0 Å². The Kier molecular flexibility index (Phi) is 5.13. The Morgan fingerprint density at radius 3 is 1.92 bits per heavy atom. The van der Waals surface area contributed by atoms with Crippen molar-refractivity contribution in [3.63, 3.8) is 0 Å². The molecule has 0 radical (unpaired) electrons. The molecule has 0 bridgehead atoms. The predicted molar refractivity (Wildman–Crippen MR) is 153 cm³/mol. The molecule has 0 amide bonds. The number of aromatic nitrogens is 3. The Morgan fingerprint density at radius 1 is 0.447 bits per heavy atom. The third-order valence-electron chi connectivity index (χ3n) is 6.94. The summed E-state index contributed by atoms with van der Waals surface area (Å²) >= 11 is 0. The largest absolute Gasteiger partial charge is 0.208 e. The third-order valence-corrected chi connectivity index (χ3v) is 6.94. The highest BCUT2D eigenvalue weighted by Crippen LogP contribution is 2.36. The van der Waals surface area contributed by atoms with Crippen LogP contribution >= 0.6 is 0 Å². The van der Waals surface area contributed by atoms with E-state index in [2.05, 4.69) is 72.8 Å². The molecule has 0 aliphatic heterocycles. The molecule has 0 spiro atoms. The number of nitriles is 1. The molecule has 0 saturated carbocycles. The summed E-state index contributed by atoms with van der Waals surface area (Å²) < 4.78 is 0. The van der Waals surface area contributed by atoms with Gasteiger partial charge in [-0.2, -0.15) is 5.26 Å². The topological polar surface area (TPSA) is 62.5 Å². The van der Waals surface area contributed by atoms with Crippen molar-refractivity contribution in [1.82, 2.24) is 15.0 Å². The van der Waals surface area contributed by atoms with Crippen LogP contribution in [0.25, 0.3) is 66.5 Å². The second-order valence-electron chi connectivity index (χ2n) is 9.21. The van der Waals surface area contributed by atoms with Gasteiger partial charge in [0.05, 0.1) is 11.6 Å². The molecule has 4 nitrogen and oxygen atoms in total. The predicted octanol–water partition coefficient (Wildman–Crippen LogP) is 8.20. The molecule has 0 aliphatic rings. The van der Waals surface area contributed by atoms with E-state index in [9.17, 15) is 5.26 Å². The lowest BCUT2D eigenvalue weighted by Crippen LogP contribution is -2.00. The average Bonchev–Trinajstić information content (AvgIpc) is 3.00.